The zero-order chi connectivity index (χ0) is 16.6. The van der Waals surface area contributed by atoms with Crippen LogP contribution < -0.4 is 10.6 Å². The summed E-state index contributed by atoms with van der Waals surface area (Å²) in [5.74, 6) is 0.723. The Hall–Kier alpha value is -1.41. The highest BCUT2D eigenvalue weighted by atomic mass is 32.1. The van der Waals surface area contributed by atoms with E-state index in [0.717, 1.165) is 43.0 Å². The summed E-state index contributed by atoms with van der Waals surface area (Å²) in [7, 11) is 0. The van der Waals surface area contributed by atoms with Crippen LogP contribution in [0.3, 0.4) is 0 Å². The second kappa shape index (κ2) is 6.24. The topological polar surface area (TPSA) is 55.0 Å². The number of rotatable bonds is 4. The molecule has 2 aromatic rings. The molecule has 0 spiro atoms. The first-order chi connectivity index (χ1) is 10.9. The van der Waals surface area contributed by atoms with Gasteiger partial charge in [0.2, 0.25) is 0 Å². The van der Waals surface area contributed by atoms with Crippen molar-refractivity contribution in [3.63, 3.8) is 0 Å². The minimum Gasteiger partial charge on any atom is -0.353 e. The van der Waals surface area contributed by atoms with Gasteiger partial charge in [0.05, 0.1) is 11.8 Å². The van der Waals surface area contributed by atoms with Crippen LogP contribution in [0.15, 0.2) is 12.4 Å². The van der Waals surface area contributed by atoms with Gasteiger partial charge < -0.3 is 10.6 Å². The standard InChI is InChI=1S/C15H19F3N4S/c1-2-22(10-4-3-9(19)5-10)13-12-6-11(7-15(16,17)18)23-14(12)21-8-20-13/h6,8-10H,2-5,7,19H2,1H3. The highest BCUT2D eigenvalue weighted by Gasteiger charge is 2.31. The second-order valence-electron chi connectivity index (χ2n) is 5.93. The first-order valence-electron chi connectivity index (χ1n) is 7.69. The Kier molecular flexibility index (Phi) is 4.46. The summed E-state index contributed by atoms with van der Waals surface area (Å²) < 4.78 is 37.9. The molecule has 126 valence electrons. The van der Waals surface area contributed by atoms with Gasteiger partial charge in [0.25, 0.3) is 0 Å². The first kappa shape index (κ1) is 16.4. The molecule has 2 aromatic heterocycles. The van der Waals surface area contributed by atoms with Gasteiger partial charge in [0, 0.05) is 23.5 Å². The predicted molar refractivity (Wildman–Crippen MR) is 85.8 cm³/mol. The molecule has 1 aliphatic carbocycles. The Morgan fingerprint density at radius 3 is 2.74 bits per heavy atom. The average Bonchev–Trinajstić information content (AvgIpc) is 3.04. The van der Waals surface area contributed by atoms with Crippen molar-refractivity contribution < 1.29 is 13.2 Å². The fourth-order valence-electron chi connectivity index (χ4n) is 3.26. The number of nitrogens with zero attached hydrogens (tertiary/aromatic N) is 3. The lowest BCUT2D eigenvalue weighted by Crippen LogP contribution is -2.35. The third-order valence-corrected chi connectivity index (χ3v) is 5.28. The summed E-state index contributed by atoms with van der Waals surface area (Å²) in [6, 6.07) is 2.06. The monoisotopic (exact) mass is 344 g/mol. The molecule has 0 bridgehead atoms. The number of nitrogens with two attached hydrogens (primary N) is 1. The van der Waals surface area contributed by atoms with Gasteiger partial charge in [-0.3, -0.25) is 0 Å². The van der Waals surface area contributed by atoms with Crippen molar-refractivity contribution in [3.8, 4) is 0 Å². The fraction of sp³-hybridized carbons (Fsp3) is 0.600. The molecule has 1 aliphatic rings. The number of fused-ring (bicyclic) bond motifs is 1. The van der Waals surface area contributed by atoms with E-state index in [4.69, 9.17) is 5.73 Å². The molecule has 2 heterocycles. The third kappa shape index (κ3) is 3.58. The molecular weight excluding hydrogens is 325 g/mol. The van der Waals surface area contributed by atoms with E-state index in [2.05, 4.69) is 14.9 Å². The number of alkyl halides is 3. The largest absolute Gasteiger partial charge is 0.393 e. The molecule has 2 unspecified atom stereocenters. The van der Waals surface area contributed by atoms with Gasteiger partial charge in [0.1, 0.15) is 17.0 Å². The number of hydrogen-bond acceptors (Lipinski definition) is 5. The molecule has 4 nitrogen and oxygen atoms in total. The summed E-state index contributed by atoms with van der Waals surface area (Å²) in [6.07, 6.45) is -0.856. The minimum atomic E-state index is -4.21. The van der Waals surface area contributed by atoms with E-state index in [1.807, 2.05) is 6.92 Å². The van der Waals surface area contributed by atoms with Crippen LogP contribution in [0.5, 0.6) is 0 Å². The summed E-state index contributed by atoms with van der Waals surface area (Å²) >= 11 is 1.09. The van der Waals surface area contributed by atoms with Gasteiger partial charge >= 0.3 is 6.18 Å². The van der Waals surface area contributed by atoms with Crippen LogP contribution in [-0.4, -0.2) is 34.8 Å². The molecule has 23 heavy (non-hydrogen) atoms. The number of anilines is 1. The summed E-state index contributed by atoms with van der Waals surface area (Å²) in [4.78, 5) is 11.5. The molecular formula is C15H19F3N4S. The van der Waals surface area contributed by atoms with E-state index in [1.165, 1.54) is 6.33 Å². The van der Waals surface area contributed by atoms with Crippen molar-refractivity contribution in [2.45, 2.75) is 50.9 Å². The molecule has 2 N–H and O–H groups in total. The second-order valence-corrected chi connectivity index (χ2v) is 7.05. The van der Waals surface area contributed by atoms with Crippen LogP contribution in [0.4, 0.5) is 19.0 Å². The number of halogens is 3. The maximum Gasteiger partial charge on any atom is 0.393 e. The predicted octanol–water partition coefficient (Wildman–Crippen LogP) is 3.50. The van der Waals surface area contributed by atoms with Gasteiger partial charge in [-0.2, -0.15) is 13.2 Å². The van der Waals surface area contributed by atoms with Crippen LogP contribution in [0.1, 0.15) is 31.1 Å². The molecule has 0 aliphatic heterocycles. The lowest BCUT2D eigenvalue weighted by molar-refractivity contribution is -0.126. The van der Waals surface area contributed by atoms with Crippen LogP contribution in [0, 0.1) is 0 Å². The van der Waals surface area contributed by atoms with Crippen molar-refractivity contribution in [1.29, 1.82) is 0 Å². The molecule has 0 saturated heterocycles. The molecule has 0 amide bonds. The lowest BCUT2D eigenvalue weighted by Gasteiger charge is -2.29. The average molecular weight is 344 g/mol. The SMILES string of the molecule is CCN(c1ncnc2sc(CC(F)(F)F)cc12)C1CCC(N)C1. The maximum atomic E-state index is 12.6. The van der Waals surface area contributed by atoms with Crippen molar-refractivity contribution in [1.82, 2.24) is 9.97 Å². The van der Waals surface area contributed by atoms with Crippen molar-refractivity contribution in [2.24, 2.45) is 5.73 Å². The Labute approximate surface area is 136 Å². The summed E-state index contributed by atoms with van der Waals surface area (Å²) in [5, 5.41) is 0.707. The van der Waals surface area contributed by atoms with Crippen LogP contribution >= 0.6 is 11.3 Å². The van der Waals surface area contributed by atoms with Gasteiger partial charge in [-0.15, -0.1) is 11.3 Å². The van der Waals surface area contributed by atoms with E-state index < -0.39 is 12.6 Å². The Balaban J connectivity index is 1.96. The normalized spacial score (nSPS) is 22.0. The van der Waals surface area contributed by atoms with Crippen LogP contribution in [0.25, 0.3) is 10.2 Å². The molecule has 3 rings (SSSR count). The van der Waals surface area contributed by atoms with Crippen molar-refractivity contribution in [2.75, 3.05) is 11.4 Å². The molecule has 1 saturated carbocycles. The van der Waals surface area contributed by atoms with E-state index in [0.29, 0.717) is 16.3 Å². The Morgan fingerprint density at radius 1 is 1.35 bits per heavy atom. The van der Waals surface area contributed by atoms with E-state index in [1.54, 1.807) is 6.07 Å². The van der Waals surface area contributed by atoms with Gasteiger partial charge in [0.15, 0.2) is 0 Å². The van der Waals surface area contributed by atoms with E-state index >= 15 is 0 Å². The van der Waals surface area contributed by atoms with E-state index in [9.17, 15) is 13.2 Å². The fourth-order valence-corrected chi connectivity index (χ4v) is 4.28. The molecule has 0 radical (unpaired) electrons. The van der Waals surface area contributed by atoms with Crippen molar-refractivity contribution in [3.05, 3.63) is 17.3 Å². The highest BCUT2D eigenvalue weighted by molar-refractivity contribution is 7.18. The van der Waals surface area contributed by atoms with Gasteiger partial charge in [-0.25, -0.2) is 9.97 Å². The van der Waals surface area contributed by atoms with Crippen LogP contribution in [0.2, 0.25) is 0 Å². The first-order valence-corrected chi connectivity index (χ1v) is 8.51. The Morgan fingerprint density at radius 2 is 2.13 bits per heavy atom. The maximum absolute atomic E-state index is 12.6. The molecule has 8 heteroatoms. The lowest BCUT2D eigenvalue weighted by atomic mass is 10.2. The number of aromatic nitrogens is 2. The summed E-state index contributed by atoms with van der Waals surface area (Å²) in [5.41, 5.74) is 6.00. The van der Waals surface area contributed by atoms with E-state index in [-0.39, 0.29) is 10.9 Å². The molecule has 2 atom stereocenters. The highest BCUT2D eigenvalue weighted by Crippen LogP contribution is 2.36. The quantitative estimate of drug-likeness (QED) is 0.922. The number of thiophene rings is 1. The smallest absolute Gasteiger partial charge is 0.353 e. The number of hydrogen-bond donors (Lipinski definition) is 1. The van der Waals surface area contributed by atoms with Gasteiger partial charge in [-0.1, -0.05) is 0 Å². The third-order valence-electron chi connectivity index (χ3n) is 4.23. The Bertz CT molecular complexity index is 685. The van der Waals surface area contributed by atoms with Gasteiger partial charge in [-0.05, 0) is 32.3 Å². The minimum absolute atomic E-state index is 0.189. The van der Waals surface area contributed by atoms with Crippen molar-refractivity contribution >= 4 is 27.4 Å². The molecule has 1 fully saturated rings. The zero-order valence-corrected chi connectivity index (χ0v) is 13.6. The zero-order valence-electron chi connectivity index (χ0n) is 12.8. The van der Waals surface area contributed by atoms with Crippen LogP contribution in [-0.2, 0) is 6.42 Å². The summed E-state index contributed by atoms with van der Waals surface area (Å²) in [6.45, 7) is 2.77. The molecule has 0 aromatic carbocycles.